The van der Waals surface area contributed by atoms with E-state index in [1.165, 1.54) is 70.6 Å². The molecular formula is C30H53NO3. The van der Waals surface area contributed by atoms with Crippen molar-refractivity contribution < 1.29 is 14.3 Å². The fourth-order valence-electron chi connectivity index (χ4n) is 9.75. The average Bonchev–Trinajstić information content (AvgIpc) is 3.13. The zero-order chi connectivity index (χ0) is 24.5. The van der Waals surface area contributed by atoms with Gasteiger partial charge in [-0.15, -0.1) is 0 Å². The molecule has 0 heterocycles. The van der Waals surface area contributed by atoms with Gasteiger partial charge in [-0.1, -0.05) is 53.9 Å². The van der Waals surface area contributed by atoms with Gasteiger partial charge in [0.15, 0.2) is 0 Å². The average molecular weight is 476 g/mol. The van der Waals surface area contributed by atoms with Crippen molar-refractivity contribution in [2.24, 2.45) is 58.0 Å². The highest BCUT2D eigenvalue weighted by molar-refractivity contribution is 5.64. The van der Waals surface area contributed by atoms with Crippen LogP contribution in [-0.4, -0.2) is 25.4 Å². The molecule has 196 valence electrons. The Labute approximate surface area is 209 Å². The number of primary amides is 1. The second-order valence-electron chi connectivity index (χ2n) is 13.6. The quantitative estimate of drug-likeness (QED) is 0.349. The molecule has 0 saturated heterocycles. The Kier molecular flexibility index (Phi) is 8.27. The number of nitrogens with two attached hydrogens (primary N) is 1. The van der Waals surface area contributed by atoms with E-state index in [-0.39, 0.29) is 6.61 Å². The van der Waals surface area contributed by atoms with Crippen molar-refractivity contribution in [2.45, 2.75) is 118 Å². The highest BCUT2D eigenvalue weighted by atomic mass is 16.6. The molecule has 0 radical (unpaired) electrons. The summed E-state index contributed by atoms with van der Waals surface area (Å²) in [4.78, 5) is 10.8. The minimum Gasteiger partial charge on any atom is -0.447 e. The van der Waals surface area contributed by atoms with Crippen molar-refractivity contribution in [3.05, 3.63) is 0 Å². The largest absolute Gasteiger partial charge is 0.447 e. The van der Waals surface area contributed by atoms with Crippen LogP contribution in [0, 0.1) is 52.3 Å². The number of carbonyl (C=O) groups excluding carboxylic acids is 1. The molecule has 4 aliphatic carbocycles. The number of hydrogen-bond donors (Lipinski definition) is 1. The van der Waals surface area contributed by atoms with Crippen LogP contribution in [0.5, 0.6) is 0 Å². The molecule has 4 aliphatic rings. The predicted molar refractivity (Wildman–Crippen MR) is 138 cm³/mol. The maximum absolute atomic E-state index is 10.8. The summed E-state index contributed by atoms with van der Waals surface area (Å²) in [6, 6.07) is 0. The van der Waals surface area contributed by atoms with Gasteiger partial charge in [-0.2, -0.15) is 0 Å². The van der Waals surface area contributed by atoms with Crippen LogP contribution in [0.25, 0.3) is 0 Å². The molecule has 4 fully saturated rings. The number of fused-ring (bicyclic) bond motifs is 5. The fourth-order valence-corrected chi connectivity index (χ4v) is 9.75. The molecule has 0 aromatic heterocycles. The highest BCUT2D eigenvalue weighted by Gasteiger charge is 2.60. The Hall–Kier alpha value is -0.770. The van der Waals surface area contributed by atoms with Gasteiger partial charge in [-0.25, -0.2) is 4.79 Å². The molecule has 2 N–H and O–H groups in total. The number of rotatable bonds is 9. The Bertz CT molecular complexity index is 695. The first kappa shape index (κ1) is 26.3. The lowest BCUT2D eigenvalue weighted by Gasteiger charge is -2.61. The van der Waals surface area contributed by atoms with Gasteiger partial charge in [0.05, 0.1) is 12.7 Å². The van der Waals surface area contributed by atoms with Crippen LogP contribution in [0.3, 0.4) is 0 Å². The summed E-state index contributed by atoms with van der Waals surface area (Å²) in [6.07, 6.45) is 16.2. The normalized spacial score (nSPS) is 42.5. The molecule has 4 heteroatoms. The van der Waals surface area contributed by atoms with Crippen LogP contribution in [0.1, 0.15) is 112 Å². The van der Waals surface area contributed by atoms with E-state index in [2.05, 4.69) is 34.6 Å². The molecule has 0 bridgehead atoms. The van der Waals surface area contributed by atoms with Crippen molar-refractivity contribution >= 4 is 6.09 Å². The van der Waals surface area contributed by atoms with E-state index < -0.39 is 6.09 Å². The maximum atomic E-state index is 10.8. The molecule has 0 spiro atoms. The molecule has 0 aromatic carbocycles. The maximum Gasteiger partial charge on any atom is 0.404 e. The Balaban J connectivity index is 1.35. The summed E-state index contributed by atoms with van der Waals surface area (Å²) in [5.41, 5.74) is 6.15. The van der Waals surface area contributed by atoms with Gasteiger partial charge < -0.3 is 15.2 Å². The van der Waals surface area contributed by atoms with E-state index >= 15 is 0 Å². The lowest BCUT2D eigenvalue weighted by molar-refractivity contribution is -0.138. The van der Waals surface area contributed by atoms with Crippen molar-refractivity contribution in [1.29, 1.82) is 0 Å². The van der Waals surface area contributed by atoms with E-state index in [0.717, 1.165) is 47.8 Å². The highest BCUT2D eigenvalue weighted by Crippen LogP contribution is 2.68. The van der Waals surface area contributed by atoms with Gasteiger partial charge in [0.1, 0.15) is 6.61 Å². The van der Waals surface area contributed by atoms with Crippen LogP contribution in [0.15, 0.2) is 0 Å². The van der Waals surface area contributed by atoms with Crippen LogP contribution >= 0.6 is 0 Å². The molecule has 34 heavy (non-hydrogen) atoms. The first-order valence-electron chi connectivity index (χ1n) is 14.7. The van der Waals surface area contributed by atoms with Crippen molar-refractivity contribution in [1.82, 2.24) is 0 Å². The lowest BCUT2D eigenvalue weighted by Crippen LogP contribution is -2.54. The fraction of sp³-hybridized carbons (Fsp3) is 0.967. The minimum absolute atomic E-state index is 0.274. The van der Waals surface area contributed by atoms with Gasteiger partial charge in [-0.05, 0) is 110 Å². The van der Waals surface area contributed by atoms with E-state index in [1.807, 2.05) is 0 Å². The SMILES string of the molecule is CC(C)CCC[C@@H](C)[C@H]1CC[C@H]2[C@@H]3CC[C@@H]4C[C@@H](OCCOC(N)=O)CC[C@]4(C)[C@H]3CC[C@]12C. The molecule has 4 saturated carbocycles. The molecule has 1 amide bonds. The molecule has 9 atom stereocenters. The van der Waals surface area contributed by atoms with Gasteiger partial charge in [0.2, 0.25) is 0 Å². The standard InChI is InChI=1S/C30H53NO3/c1-20(2)7-6-8-21(3)25-11-12-26-24-10-9-22-19-23(33-17-18-34-28(31)32)13-15-29(22,4)27(24)14-16-30(25,26)5/h20-27H,6-19H2,1-5H3,(H2,31,32)/t21-,22-,23+,24+,25-,26+,27+,29+,30-/m1/s1. The Morgan fingerprint density at radius 3 is 2.38 bits per heavy atom. The van der Waals surface area contributed by atoms with Crippen molar-refractivity contribution in [3.63, 3.8) is 0 Å². The summed E-state index contributed by atoms with van der Waals surface area (Å²) in [7, 11) is 0. The molecule has 4 nitrogen and oxygen atoms in total. The number of ether oxygens (including phenoxy) is 2. The molecular weight excluding hydrogens is 422 g/mol. The summed E-state index contributed by atoms with van der Waals surface area (Å²) < 4.78 is 11.0. The van der Waals surface area contributed by atoms with Crippen LogP contribution in [0.4, 0.5) is 4.79 Å². The predicted octanol–water partition coefficient (Wildman–Crippen LogP) is 7.59. The zero-order valence-electron chi connectivity index (χ0n) is 22.8. The molecule has 0 aliphatic heterocycles. The summed E-state index contributed by atoms with van der Waals surface area (Å²) in [5.74, 6) is 6.30. The van der Waals surface area contributed by atoms with Crippen LogP contribution < -0.4 is 5.73 Å². The third-order valence-electron chi connectivity index (χ3n) is 11.5. The smallest absolute Gasteiger partial charge is 0.404 e. The summed E-state index contributed by atoms with van der Waals surface area (Å²) in [5, 5.41) is 0. The second-order valence-corrected chi connectivity index (χ2v) is 13.6. The lowest BCUT2D eigenvalue weighted by atomic mass is 9.44. The van der Waals surface area contributed by atoms with E-state index in [1.54, 1.807) is 0 Å². The summed E-state index contributed by atoms with van der Waals surface area (Å²) in [6.45, 7) is 13.4. The monoisotopic (exact) mass is 475 g/mol. The van der Waals surface area contributed by atoms with Gasteiger partial charge in [-0.3, -0.25) is 0 Å². The third kappa shape index (κ3) is 5.18. The Morgan fingerprint density at radius 2 is 1.65 bits per heavy atom. The first-order chi connectivity index (χ1) is 16.1. The number of amides is 1. The molecule has 0 unspecified atom stereocenters. The van der Waals surface area contributed by atoms with Gasteiger partial charge in [0.25, 0.3) is 0 Å². The topological polar surface area (TPSA) is 61.6 Å². The van der Waals surface area contributed by atoms with E-state index in [4.69, 9.17) is 15.2 Å². The number of hydrogen-bond acceptors (Lipinski definition) is 3. The third-order valence-corrected chi connectivity index (χ3v) is 11.5. The first-order valence-corrected chi connectivity index (χ1v) is 14.7. The van der Waals surface area contributed by atoms with Gasteiger partial charge >= 0.3 is 6.09 Å². The molecule has 4 rings (SSSR count). The summed E-state index contributed by atoms with van der Waals surface area (Å²) >= 11 is 0. The van der Waals surface area contributed by atoms with Crippen molar-refractivity contribution in [2.75, 3.05) is 13.2 Å². The van der Waals surface area contributed by atoms with E-state index in [9.17, 15) is 4.79 Å². The van der Waals surface area contributed by atoms with Gasteiger partial charge in [0, 0.05) is 0 Å². The zero-order valence-corrected chi connectivity index (χ0v) is 22.8. The molecule has 0 aromatic rings. The second kappa shape index (κ2) is 10.7. The minimum atomic E-state index is -0.707. The van der Waals surface area contributed by atoms with E-state index in [0.29, 0.717) is 23.5 Å². The van der Waals surface area contributed by atoms with Crippen LogP contribution in [0.2, 0.25) is 0 Å². The van der Waals surface area contributed by atoms with Crippen molar-refractivity contribution in [3.8, 4) is 0 Å². The number of carbonyl (C=O) groups is 1. The Morgan fingerprint density at radius 1 is 0.912 bits per heavy atom. The van der Waals surface area contributed by atoms with Crippen LogP contribution in [-0.2, 0) is 9.47 Å².